The third kappa shape index (κ3) is 2.57. The van der Waals surface area contributed by atoms with E-state index in [-0.39, 0.29) is 0 Å². The number of rotatable bonds is 4. The molecule has 1 saturated heterocycles. The van der Waals surface area contributed by atoms with Crippen molar-refractivity contribution in [2.24, 2.45) is 0 Å². The summed E-state index contributed by atoms with van der Waals surface area (Å²) in [5.41, 5.74) is 1.32. The quantitative estimate of drug-likeness (QED) is 0.893. The Morgan fingerprint density at radius 1 is 1.17 bits per heavy atom. The largest absolute Gasteiger partial charge is 0.468 e. The van der Waals surface area contributed by atoms with E-state index in [2.05, 4.69) is 40.5 Å². The molecule has 0 radical (unpaired) electrons. The van der Waals surface area contributed by atoms with Gasteiger partial charge in [-0.3, -0.25) is 0 Å². The molecule has 1 fully saturated rings. The molecule has 1 aromatic carbocycles. The fraction of sp³-hybridized carbons (Fsp3) is 0.333. The fourth-order valence-electron chi connectivity index (χ4n) is 2.46. The Hall–Kier alpha value is -1.74. The minimum Gasteiger partial charge on any atom is -0.468 e. The van der Waals surface area contributed by atoms with Crippen LogP contribution in [0, 0.1) is 0 Å². The van der Waals surface area contributed by atoms with Crippen molar-refractivity contribution in [1.82, 2.24) is 5.32 Å². The van der Waals surface area contributed by atoms with Gasteiger partial charge < -0.3 is 14.6 Å². The molecule has 0 saturated carbocycles. The van der Waals surface area contributed by atoms with Crippen LogP contribution >= 0.6 is 0 Å². The molecule has 3 heteroatoms. The summed E-state index contributed by atoms with van der Waals surface area (Å²) >= 11 is 0. The first-order valence-corrected chi connectivity index (χ1v) is 6.47. The molecule has 94 valence electrons. The summed E-state index contributed by atoms with van der Waals surface area (Å²) in [5, 5.41) is 3.55. The first-order valence-electron chi connectivity index (χ1n) is 6.47. The first-order chi connectivity index (χ1) is 8.92. The lowest BCUT2D eigenvalue weighted by atomic mass is 10.2. The monoisotopic (exact) mass is 242 g/mol. The molecular weight excluding hydrogens is 224 g/mol. The second-order valence-electron chi connectivity index (χ2n) is 4.73. The molecule has 3 nitrogen and oxygen atoms in total. The maximum Gasteiger partial charge on any atom is 0.117 e. The summed E-state index contributed by atoms with van der Waals surface area (Å²) in [6.45, 7) is 3.02. The van der Waals surface area contributed by atoms with Crippen LogP contribution in [0.3, 0.4) is 0 Å². The van der Waals surface area contributed by atoms with Crippen molar-refractivity contribution < 1.29 is 4.42 Å². The van der Waals surface area contributed by atoms with Crippen LogP contribution in [-0.2, 0) is 6.54 Å². The average Bonchev–Trinajstić information content (AvgIpc) is 3.09. The summed E-state index contributed by atoms with van der Waals surface area (Å²) in [6, 6.07) is 15.1. The zero-order valence-electron chi connectivity index (χ0n) is 10.4. The lowest BCUT2D eigenvalue weighted by Gasteiger charge is -2.18. The van der Waals surface area contributed by atoms with E-state index in [1.54, 1.807) is 6.26 Å². The van der Waals surface area contributed by atoms with Crippen LogP contribution in [0.2, 0.25) is 0 Å². The Labute approximate surface area is 107 Å². The molecule has 3 rings (SSSR count). The van der Waals surface area contributed by atoms with Gasteiger partial charge in [-0.1, -0.05) is 18.2 Å². The van der Waals surface area contributed by atoms with Crippen LogP contribution in [-0.4, -0.2) is 19.1 Å². The molecule has 1 aromatic heterocycles. The SMILES string of the molecule is c1ccc(N2CCC(NCc3ccco3)C2)cc1. The van der Waals surface area contributed by atoms with E-state index in [9.17, 15) is 0 Å². The van der Waals surface area contributed by atoms with Gasteiger partial charge in [0.1, 0.15) is 5.76 Å². The van der Waals surface area contributed by atoms with E-state index in [0.717, 1.165) is 25.4 Å². The summed E-state index contributed by atoms with van der Waals surface area (Å²) in [5.74, 6) is 1.01. The number of hydrogen-bond donors (Lipinski definition) is 1. The second-order valence-corrected chi connectivity index (χ2v) is 4.73. The van der Waals surface area contributed by atoms with Gasteiger partial charge in [-0.25, -0.2) is 0 Å². The number of hydrogen-bond acceptors (Lipinski definition) is 3. The normalized spacial score (nSPS) is 19.3. The van der Waals surface area contributed by atoms with E-state index in [1.807, 2.05) is 12.1 Å². The third-order valence-corrected chi connectivity index (χ3v) is 3.45. The molecule has 2 heterocycles. The van der Waals surface area contributed by atoms with Gasteiger partial charge in [-0.2, -0.15) is 0 Å². The zero-order valence-corrected chi connectivity index (χ0v) is 10.4. The molecule has 0 aliphatic carbocycles. The molecule has 1 unspecified atom stereocenters. The van der Waals surface area contributed by atoms with Gasteiger partial charge in [0.25, 0.3) is 0 Å². The highest BCUT2D eigenvalue weighted by atomic mass is 16.3. The molecule has 0 spiro atoms. The van der Waals surface area contributed by atoms with Gasteiger partial charge in [0.05, 0.1) is 12.8 Å². The standard InChI is InChI=1S/C15H18N2O/c1-2-5-14(6-3-1)17-9-8-13(12-17)16-11-15-7-4-10-18-15/h1-7,10,13,16H,8-9,11-12H2. The van der Waals surface area contributed by atoms with Crippen molar-refractivity contribution in [1.29, 1.82) is 0 Å². The number of benzene rings is 1. The Morgan fingerprint density at radius 3 is 2.83 bits per heavy atom. The van der Waals surface area contributed by atoms with Gasteiger partial charge in [0.2, 0.25) is 0 Å². The van der Waals surface area contributed by atoms with Crippen molar-refractivity contribution >= 4 is 5.69 Å². The highest BCUT2D eigenvalue weighted by Gasteiger charge is 2.22. The van der Waals surface area contributed by atoms with E-state index in [4.69, 9.17) is 4.42 Å². The zero-order chi connectivity index (χ0) is 12.2. The van der Waals surface area contributed by atoms with Crippen molar-refractivity contribution in [3.63, 3.8) is 0 Å². The molecular formula is C15H18N2O. The maximum absolute atomic E-state index is 5.33. The number of nitrogens with zero attached hydrogens (tertiary/aromatic N) is 1. The van der Waals surface area contributed by atoms with Crippen molar-refractivity contribution in [3.05, 3.63) is 54.5 Å². The van der Waals surface area contributed by atoms with Crippen molar-refractivity contribution in [2.45, 2.75) is 19.0 Å². The molecule has 0 bridgehead atoms. The number of para-hydroxylation sites is 1. The summed E-state index contributed by atoms with van der Waals surface area (Å²) in [6.07, 6.45) is 2.91. The van der Waals surface area contributed by atoms with Crippen LogP contribution in [0.4, 0.5) is 5.69 Å². The number of anilines is 1. The smallest absolute Gasteiger partial charge is 0.117 e. The number of furan rings is 1. The lowest BCUT2D eigenvalue weighted by molar-refractivity contribution is 0.455. The van der Waals surface area contributed by atoms with E-state index < -0.39 is 0 Å². The summed E-state index contributed by atoms with van der Waals surface area (Å²) < 4.78 is 5.33. The first kappa shape index (κ1) is 11.4. The van der Waals surface area contributed by atoms with Gasteiger partial charge in [-0.05, 0) is 30.7 Å². The molecule has 1 N–H and O–H groups in total. The molecule has 1 aliphatic rings. The summed E-state index contributed by atoms with van der Waals surface area (Å²) in [4.78, 5) is 2.43. The predicted molar refractivity (Wildman–Crippen MR) is 72.6 cm³/mol. The minimum absolute atomic E-state index is 0.551. The van der Waals surface area contributed by atoms with E-state index in [0.29, 0.717) is 6.04 Å². The van der Waals surface area contributed by atoms with Crippen LogP contribution in [0.5, 0.6) is 0 Å². The lowest BCUT2D eigenvalue weighted by Crippen LogP contribution is -2.31. The number of nitrogens with one attached hydrogen (secondary N) is 1. The van der Waals surface area contributed by atoms with Gasteiger partial charge in [0, 0.05) is 24.8 Å². The second kappa shape index (κ2) is 5.27. The van der Waals surface area contributed by atoms with Gasteiger partial charge in [0.15, 0.2) is 0 Å². The van der Waals surface area contributed by atoms with Crippen LogP contribution < -0.4 is 10.2 Å². The predicted octanol–water partition coefficient (Wildman–Crippen LogP) is 2.65. The average molecular weight is 242 g/mol. The van der Waals surface area contributed by atoms with E-state index in [1.165, 1.54) is 12.1 Å². The molecule has 2 aromatic rings. The van der Waals surface area contributed by atoms with Crippen molar-refractivity contribution in [2.75, 3.05) is 18.0 Å². The van der Waals surface area contributed by atoms with Gasteiger partial charge >= 0.3 is 0 Å². The Bertz CT molecular complexity index is 467. The molecule has 18 heavy (non-hydrogen) atoms. The topological polar surface area (TPSA) is 28.4 Å². The Morgan fingerprint density at radius 2 is 2.06 bits per heavy atom. The summed E-state index contributed by atoms with van der Waals surface area (Å²) in [7, 11) is 0. The fourth-order valence-corrected chi connectivity index (χ4v) is 2.46. The third-order valence-electron chi connectivity index (χ3n) is 3.45. The highest BCUT2D eigenvalue weighted by Crippen LogP contribution is 2.19. The molecule has 0 amide bonds. The molecule has 1 aliphatic heterocycles. The minimum atomic E-state index is 0.551. The maximum atomic E-state index is 5.33. The molecule has 1 atom stereocenters. The van der Waals surface area contributed by atoms with Gasteiger partial charge in [-0.15, -0.1) is 0 Å². The van der Waals surface area contributed by atoms with Crippen LogP contribution in [0.25, 0.3) is 0 Å². The van der Waals surface area contributed by atoms with E-state index >= 15 is 0 Å². The Balaban J connectivity index is 1.53. The van der Waals surface area contributed by atoms with Crippen LogP contribution in [0.15, 0.2) is 53.1 Å². The Kier molecular flexibility index (Phi) is 3.33. The van der Waals surface area contributed by atoms with Crippen LogP contribution in [0.1, 0.15) is 12.2 Å². The highest BCUT2D eigenvalue weighted by molar-refractivity contribution is 5.47. The van der Waals surface area contributed by atoms with Crippen molar-refractivity contribution in [3.8, 4) is 0 Å².